The lowest BCUT2D eigenvalue weighted by molar-refractivity contribution is 0.208. The van der Waals surface area contributed by atoms with Gasteiger partial charge in [-0.3, -0.25) is 0 Å². The molecule has 0 aliphatic carbocycles. The van der Waals surface area contributed by atoms with Gasteiger partial charge in [0.15, 0.2) is 0 Å². The highest BCUT2D eigenvalue weighted by Crippen LogP contribution is 2.27. The van der Waals surface area contributed by atoms with Crippen molar-refractivity contribution in [2.24, 2.45) is 0 Å². The summed E-state index contributed by atoms with van der Waals surface area (Å²) in [5.74, 6) is -0.331. The van der Waals surface area contributed by atoms with Crippen LogP contribution >= 0.6 is 23.2 Å². The van der Waals surface area contributed by atoms with Gasteiger partial charge in [0, 0.05) is 37.6 Å². The molecule has 1 heterocycles. The molecule has 1 N–H and O–H groups in total. The van der Waals surface area contributed by atoms with Crippen LogP contribution in [-0.2, 0) is 0 Å². The number of anilines is 2. The molecule has 0 atom stereocenters. The minimum absolute atomic E-state index is 0.225. The molecular formula is C18H18Cl2FN3O. The average Bonchev–Trinajstić information content (AvgIpc) is 2.61. The van der Waals surface area contributed by atoms with Gasteiger partial charge >= 0.3 is 6.03 Å². The van der Waals surface area contributed by atoms with Gasteiger partial charge in [0.2, 0.25) is 0 Å². The van der Waals surface area contributed by atoms with Crippen molar-refractivity contribution in [3.8, 4) is 0 Å². The number of urea groups is 1. The molecule has 0 bridgehead atoms. The molecule has 1 aliphatic rings. The fraction of sp³-hybridized carbons (Fsp3) is 0.278. The highest BCUT2D eigenvalue weighted by Gasteiger charge is 2.22. The summed E-state index contributed by atoms with van der Waals surface area (Å²) in [5, 5.41) is 3.78. The maximum absolute atomic E-state index is 13.6. The largest absolute Gasteiger partial charge is 0.368 e. The van der Waals surface area contributed by atoms with E-state index >= 15 is 0 Å². The minimum Gasteiger partial charge on any atom is -0.368 e. The van der Waals surface area contributed by atoms with Crippen LogP contribution in [0, 0.1) is 12.7 Å². The molecule has 1 aliphatic heterocycles. The number of piperazine rings is 1. The number of aryl methyl sites for hydroxylation is 1. The van der Waals surface area contributed by atoms with E-state index in [-0.39, 0.29) is 11.8 Å². The molecular weight excluding hydrogens is 364 g/mol. The zero-order valence-electron chi connectivity index (χ0n) is 13.7. The molecule has 0 spiro atoms. The second-order valence-corrected chi connectivity index (χ2v) is 6.78. The van der Waals surface area contributed by atoms with E-state index in [1.807, 2.05) is 12.1 Å². The number of halogens is 3. The fourth-order valence-electron chi connectivity index (χ4n) is 2.72. The van der Waals surface area contributed by atoms with Gasteiger partial charge in [0.1, 0.15) is 5.82 Å². The van der Waals surface area contributed by atoms with Crippen LogP contribution < -0.4 is 10.2 Å². The van der Waals surface area contributed by atoms with Crippen molar-refractivity contribution in [2.75, 3.05) is 36.4 Å². The highest BCUT2D eigenvalue weighted by molar-refractivity contribution is 6.42. The van der Waals surface area contributed by atoms with Crippen LogP contribution in [0.3, 0.4) is 0 Å². The van der Waals surface area contributed by atoms with Gasteiger partial charge in [-0.2, -0.15) is 0 Å². The van der Waals surface area contributed by atoms with E-state index in [2.05, 4.69) is 10.2 Å². The van der Waals surface area contributed by atoms with Crippen LogP contribution in [0.1, 0.15) is 5.56 Å². The molecule has 3 rings (SSSR count). The number of carbonyl (C=O) groups excluding carboxylic acids is 1. The van der Waals surface area contributed by atoms with E-state index in [0.717, 1.165) is 5.69 Å². The summed E-state index contributed by atoms with van der Waals surface area (Å²) >= 11 is 12.0. The van der Waals surface area contributed by atoms with E-state index in [0.29, 0.717) is 47.5 Å². The number of carbonyl (C=O) groups is 1. The van der Waals surface area contributed by atoms with Crippen LogP contribution in [0.25, 0.3) is 0 Å². The van der Waals surface area contributed by atoms with E-state index in [9.17, 15) is 9.18 Å². The maximum Gasteiger partial charge on any atom is 0.321 e. The summed E-state index contributed by atoms with van der Waals surface area (Å²) in [4.78, 5) is 16.2. The number of benzene rings is 2. The zero-order valence-corrected chi connectivity index (χ0v) is 15.2. The minimum atomic E-state index is -0.331. The van der Waals surface area contributed by atoms with E-state index in [4.69, 9.17) is 23.2 Å². The third kappa shape index (κ3) is 4.17. The van der Waals surface area contributed by atoms with Crippen molar-refractivity contribution >= 4 is 40.6 Å². The van der Waals surface area contributed by atoms with Crippen LogP contribution in [0.4, 0.5) is 20.6 Å². The molecule has 2 amide bonds. The summed E-state index contributed by atoms with van der Waals surface area (Å²) in [6, 6.07) is 9.96. The molecule has 132 valence electrons. The predicted molar refractivity (Wildman–Crippen MR) is 100 cm³/mol. The first kappa shape index (κ1) is 17.8. The first-order chi connectivity index (χ1) is 11.9. The van der Waals surface area contributed by atoms with E-state index in [1.165, 1.54) is 6.07 Å². The van der Waals surface area contributed by atoms with Gasteiger partial charge in [-0.1, -0.05) is 29.3 Å². The third-order valence-electron chi connectivity index (χ3n) is 4.26. The van der Waals surface area contributed by atoms with Gasteiger partial charge in [-0.05, 0) is 42.8 Å². The Labute approximate surface area is 156 Å². The summed E-state index contributed by atoms with van der Waals surface area (Å²) in [6.45, 7) is 4.20. The molecule has 0 aromatic heterocycles. The molecule has 4 nitrogen and oxygen atoms in total. The molecule has 0 unspecified atom stereocenters. The molecule has 2 aromatic rings. The van der Waals surface area contributed by atoms with Crippen molar-refractivity contribution in [3.63, 3.8) is 0 Å². The number of amides is 2. The Hall–Kier alpha value is -1.98. The number of hydrogen-bond donors (Lipinski definition) is 1. The monoisotopic (exact) mass is 381 g/mol. The molecule has 7 heteroatoms. The number of hydrogen-bond acceptors (Lipinski definition) is 2. The SMILES string of the molecule is Cc1ccc(NC(=O)N2CCN(c3ccc(Cl)c(Cl)c3)CC2)cc1F. The van der Waals surface area contributed by atoms with Crippen LogP contribution in [0.5, 0.6) is 0 Å². The molecule has 2 aromatic carbocycles. The van der Waals surface area contributed by atoms with Gasteiger partial charge in [0.25, 0.3) is 0 Å². The Morgan fingerprint density at radius 1 is 1.04 bits per heavy atom. The van der Waals surface area contributed by atoms with E-state index < -0.39 is 0 Å². The molecule has 1 fully saturated rings. The standard InChI is InChI=1S/C18H18Cl2FN3O/c1-12-2-3-13(10-17(12)21)22-18(25)24-8-6-23(7-9-24)14-4-5-15(19)16(20)11-14/h2-5,10-11H,6-9H2,1H3,(H,22,25). The zero-order chi connectivity index (χ0) is 18.0. The quantitative estimate of drug-likeness (QED) is 0.810. The summed E-state index contributed by atoms with van der Waals surface area (Å²) in [6.07, 6.45) is 0. The topological polar surface area (TPSA) is 35.6 Å². The Morgan fingerprint density at radius 3 is 2.40 bits per heavy atom. The normalized spacial score (nSPS) is 14.6. The molecule has 1 saturated heterocycles. The van der Waals surface area contributed by atoms with Gasteiger partial charge in [-0.15, -0.1) is 0 Å². The van der Waals surface area contributed by atoms with Gasteiger partial charge < -0.3 is 15.1 Å². The average molecular weight is 382 g/mol. The third-order valence-corrected chi connectivity index (χ3v) is 5.00. The Morgan fingerprint density at radius 2 is 1.76 bits per heavy atom. The van der Waals surface area contributed by atoms with Crippen molar-refractivity contribution in [2.45, 2.75) is 6.92 Å². The Balaban J connectivity index is 1.58. The van der Waals surface area contributed by atoms with Crippen LogP contribution in [-0.4, -0.2) is 37.1 Å². The summed E-state index contributed by atoms with van der Waals surface area (Å²) in [7, 11) is 0. The first-order valence-electron chi connectivity index (χ1n) is 7.96. The maximum atomic E-state index is 13.6. The first-order valence-corrected chi connectivity index (χ1v) is 8.72. The summed E-state index contributed by atoms with van der Waals surface area (Å²) in [5.41, 5.74) is 1.99. The Bertz CT molecular complexity index is 792. The van der Waals surface area contributed by atoms with Crippen molar-refractivity contribution in [1.82, 2.24) is 4.90 Å². The smallest absolute Gasteiger partial charge is 0.321 e. The lowest BCUT2D eigenvalue weighted by Crippen LogP contribution is -2.50. The van der Waals surface area contributed by atoms with Crippen molar-refractivity contribution in [1.29, 1.82) is 0 Å². The van der Waals surface area contributed by atoms with Crippen molar-refractivity contribution < 1.29 is 9.18 Å². The number of rotatable bonds is 2. The molecule has 25 heavy (non-hydrogen) atoms. The second-order valence-electron chi connectivity index (χ2n) is 5.97. The molecule has 0 radical (unpaired) electrons. The molecule has 0 saturated carbocycles. The Kier molecular flexibility index (Phi) is 5.35. The fourth-order valence-corrected chi connectivity index (χ4v) is 3.01. The van der Waals surface area contributed by atoms with Gasteiger partial charge in [0.05, 0.1) is 10.0 Å². The second kappa shape index (κ2) is 7.50. The highest BCUT2D eigenvalue weighted by atomic mass is 35.5. The lowest BCUT2D eigenvalue weighted by atomic mass is 10.2. The van der Waals surface area contributed by atoms with Crippen molar-refractivity contribution in [3.05, 3.63) is 57.8 Å². The number of nitrogens with one attached hydrogen (secondary N) is 1. The van der Waals surface area contributed by atoms with Crippen LogP contribution in [0.15, 0.2) is 36.4 Å². The van der Waals surface area contributed by atoms with E-state index in [1.54, 1.807) is 30.0 Å². The lowest BCUT2D eigenvalue weighted by Gasteiger charge is -2.36. The predicted octanol–water partition coefficient (Wildman–Crippen LogP) is 4.80. The van der Waals surface area contributed by atoms with Crippen LogP contribution in [0.2, 0.25) is 10.0 Å². The van der Waals surface area contributed by atoms with Gasteiger partial charge in [-0.25, -0.2) is 9.18 Å². The summed E-state index contributed by atoms with van der Waals surface area (Å²) < 4.78 is 13.6. The number of nitrogens with zero attached hydrogens (tertiary/aromatic N) is 2.